The maximum atomic E-state index is 6.01. The molecule has 5 aromatic rings. The number of anilines is 1. The summed E-state index contributed by atoms with van der Waals surface area (Å²) in [6, 6.07) is 25.7. The summed E-state index contributed by atoms with van der Waals surface area (Å²) in [4.78, 5) is 6.83. The molecule has 0 saturated carbocycles. The predicted molar refractivity (Wildman–Crippen MR) is 146 cm³/mol. The van der Waals surface area contributed by atoms with Crippen molar-refractivity contribution in [1.29, 1.82) is 0 Å². The number of aryl methyl sites for hydroxylation is 1. The molecular formula is C28H25N7OS. The number of nitrogens with zero attached hydrogens (tertiary/aromatic N) is 6. The summed E-state index contributed by atoms with van der Waals surface area (Å²) in [5.41, 5.74) is 5.17. The average Bonchev–Trinajstić information content (AvgIpc) is 3.63. The Kier molecular flexibility index (Phi) is 5.90. The van der Waals surface area contributed by atoms with Crippen molar-refractivity contribution in [2.24, 2.45) is 0 Å². The van der Waals surface area contributed by atoms with E-state index in [9.17, 15) is 0 Å². The van der Waals surface area contributed by atoms with Crippen molar-refractivity contribution in [3.63, 3.8) is 0 Å². The molecule has 1 aliphatic heterocycles. The first kappa shape index (κ1) is 22.9. The second kappa shape index (κ2) is 9.51. The summed E-state index contributed by atoms with van der Waals surface area (Å²) in [7, 11) is 0. The number of thiocarbonyl (C=S) groups is 1. The molecule has 0 spiro atoms. The van der Waals surface area contributed by atoms with E-state index >= 15 is 0 Å². The molecule has 2 aromatic carbocycles. The Morgan fingerprint density at radius 2 is 1.57 bits per heavy atom. The normalized spacial score (nSPS) is 17.1. The van der Waals surface area contributed by atoms with E-state index in [0.29, 0.717) is 5.11 Å². The van der Waals surface area contributed by atoms with E-state index in [1.807, 2.05) is 83.7 Å². The molecule has 2 atom stereocenters. The molecule has 1 aliphatic rings. The van der Waals surface area contributed by atoms with Crippen LogP contribution in [0.5, 0.6) is 11.5 Å². The van der Waals surface area contributed by atoms with E-state index in [4.69, 9.17) is 17.0 Å². The minimum atomic E-state index is -0.135. The van der Waals surface area contributed by atoms with Crippen LogP contribution in [-0.2, 0) is 0 Å². The van der Waals surface area contributed by atoms with Gasteiger partial charge in [-0.15, -0.1) is 10.2 Å². The summed E-state index contributed by atoms with van der Waals surface area (Å²) in [6.45, 7) is 4.18. The topological polar surface area (TPSA) is 73.0 Å². The van der Waals surface area contributed by atoms with Crippen LogP contribution in [0.3, 0.4) is 0 Å². The minimum absolute atomic E-state index is 0.125. The van der Waals surface area contributed by atoms with Crippen molar-refractivity contribution in [1.82, 2.24) is 29.9 Å². The van der Waals surface area contributed by atoms with Gasteiger partial charge in [-0.2, -0.15) is 0 Å². The molecule has 0 unspecified atom stereocenters. The molecule has 0 amide bonds. The van der Waals surface area contributed by atoms with Crippen LogP contribution in [0, 0.1) is 13.8 Å². The maximum absolute atomic E-state index is 6.01. The lowest BCUT2D eigenvalue weighted by atomic mass is 9.96. The van der Waals surface area contributed by atoms with Crippen molar-refractivity contribution in [2.75, 3.05) is 4.90 Å². The number of rotatable bonds is 6. The van der Waals surface area contributed by atoms with E-state index in [1.54, 1.807) is 12.7 Å². The highest BCUT2D eigenvalue weighted by Crippen LogP contribution is 2.43. The largest absolute Gasteiger partial charge is 0.457 e. The second-order valence-electron chi connectivity index (χ2n) is 8.89. The van der Waals surface area contributed by atoms with Gasteiger partial charge in [0.25, 0.3) is 0 Å². The van der Waals surface area contributed by atoms with Gasteiger partial charge in [-0.3, -0.25) is 9.66 Å². The third-order valence-corrected chi connectivity index (χ3v) is 6.90. The lowest BCUT2D eigenvalue weighted by molar-refractivity contribution is 0.482. The number of nitrogens with one attached hydrogen (secondary N) is 1. The lowest BCUT2D eigenvalue weighted by Gasteiger charge is -2.28. The molecule has 1 N–H and O–H groups in total. The molecule has 4 heterocycles. The molecule has 0 bridgehead atoms. The van der Waals surface area contributed by atoms with Crippen molar-refractivity contribution >= 4 is 23.0 Å². The third kappa shape index (κ3) is 4.23. The number of aromatic nitrogens is 5. The Hall–Kier alpha value is -4.50. The molecule has 8 nitrogen and oxygen atoms in total. The number of para-hydroxylation sites is 1. The van der Waals surface area contributed by atoms with Crippen molar-refractivity contribution in [3.8, 4) is 11.5 Å². The predicted octanol–water partition coefficient (Wildman–Crippen LogP) is 5.37. The first-order valence-electron chi connectivity index (χ1n) is 12.0. The van der Waals surface area contributed by atoms with Gasteiger partial charge in [0.05, 0.1) is 17.8 Å². The van der Waals surface area contributed by atoms with Crippen molar-refractivity contribution in [2.45, 2.75) is 25.9 Å². The van der Waals surface area contributed by atoms with Crippen LogP contribution in [0.1, 0.15) is 34.7 Å². The van der Waals surface area contributed by atoms with Crippen LogP contribution in [0.4, 0.5) is 5.69 Å². The Morgan fingerprint density at radius 1 is 0.865 bits per heavy atom. The zero-order valence-corrected chi connectivity index (χ0v) is 21.2. The van der Waals surface area contributed by atoms with Crippen LogP contribution in [0.2, 0.25) is 0 Å². The molecule has 0 aliphatic carbocycles. The second-order valence-corrected chi connectivity index (χ2v) is 9.27. The van der Waals surface area contributed by atoms with Gasteiger partial charge in [-0.05, 0) is 80.7 Å². The SMILES string of the molecule is Cc1cc([C@H]2[C@H](c3ccccn3)NC(=S)N2c2ccc(Oc3ccccc3)cc2)c(C)n1-n1cnnc1. The van der Waals surface area contributed by atoms with Crippen LogP contribution in [-0.4, -0.2) is 29.6 Å². The van der Waals surface area contributed by atoms with Gasteiger partial charge in [-0.25, -0.2) is 4.68 Å². The monoisotopic (exact) mass is 507 g/mol. The minimum Gasteiger partial charge on any atom is -0.457 e. The van der Waals surface area contributed by atoms with Crippen LogP contribution in [0.15, 0.2) is 97.7 Å². The van der Waals surface area contributed by atoms with E-state index < -0.39 is 0 Å². The van der Waals surface area contributed by atoms with Gasteiger partial charge in [0.1, 0.15) is 24.2 Å². The summed E-state index contributed by atoms with van der Waals surface area (Å²) < 4.78 is 9.99. The van der Waals surface area contributed by atoms with Crippen LogP contribution in [0.25, 0.3) is 0 Å². The van der Waals surface area contributed by atoms with Crippen LogP contribution >= 0.6 is 12.2 Å². The third-order valence-electron chi connectivity index (χ3n) is 6.58. The first-order chi connectivity index (χ1) is 18.1. The Bertz CT molecular complexity index is 1520. The fraction of sp³-hybridized carbons (Fsp3) is 0.143. The van der Waals surface area contributed by atoms with E-state index in [0.717, 1.165) is 39.8 Å². The average molecular weight is 508 g/mol. The Morgan fingerprint density at radius 3 is 2.27 bits per heavy atom. The molecule has 3 aromatic heterocycles. The number of hydrogen-bond donors (Lipinski definition) is 1. The van der Waals surface area contributed by atoms with Gasteiger partial charge >= 0.3 is 0 Å². The zero-order valence-electron chi connectivity index (χ0n) is 20.4. The summed E-state index contributed by atoms with van der Waals surface area (Å²) in [6.07, 6.45) is 5.21. The number of hydrogen-bond acceptors (Lipinski definition) is 5. The fourth-order valence-electron chi connectivity index (χ4n) is 4.98. The van der Waals surface area contributed by atoms with Gasteiger partial charge in [0.15, 0.2) is 5.11 Å². The van der Waals surface area contributed by atoms with E-state index in [-0.39, 0.29) is 12.1 Å². The number of benzene rings is 2. The molecular weight excluding hydrogens is 482 g/mol. The summed E-state index contributed by atoms with van der Waals surface area (Å²) in [5.74, 6) is 1.56. The van der Waals surface area contributed by atoms with Gasteiger partial charge in [-0.1, -0.05) is 24.3 Å². The number of pyridine rings is 1. The summed E-state index contributed by atoms with van der Waals surface area (Å²) >= 11 is 5.90. The molecule has 37 heavy (non-hydrogen) atoms. The Balaban J connectivity index is 1.41. The van der Waals surface area contributed by atoms with Crippen LogP contribution < -0.4 is 15.0 Å². The Labute approximate surface area is 220 Å². The highest BCUT2D eigenvalue weighted by Gasteiger charge is 2.42. The van der Waals surface area contributed by atoms with Gasteiger partial charge in [0, 0.05) is 28.8 Å². The molecule has 1 fully saturated rings. The van der Waals surface area contributed by atoms with Gasteiger partial charge in [0.2, 0.25) is 0 Å². The standard InChI is InChI=1S/C28H25N7OS/c1-19-16-24(20(2)35(19)33-17-30-31-18-33)27-26(25-10-6-7-15-29-25)32-28(37)34(27)21-11-13-23(14-12-21)36-22-8-4-3-5-9-22/h3-18,26-27H,1-2H3,(H,32,37)/t26-,27-/m0/s1. The van der Waals surface area contributed by atoms with Crippen molar-refractivity contribution in [3.05, 3.63) is 120 Å². The zero-order chi connectivity index (χ0) is 25.4. The smallest absolute Gasteiger partial charge is 0.174 e. The highest BCUT2D eigenvalue weighted by atomic mass is 32.1. The van der Waals surface area contributed by atoms with E-state index in [2.05, 4.69) is 50.0 Å². The summed E-state index contributed by atoms with van der Waals surface area (Å²) in [5, 5.41) is 12.2. The molecule has 184 valence electrons. The van der Waals surface area contributed by atoms with Gasteiger partial charge < -0.3 is 15.0 Å². The number of ether oxygens (including phenoxy) is 1. The fourth-order valence-corrected chi connectivity index (χ4v) is 5.33. The molecule has 9 heteroatoms. The van der Waals surface area contributed by atoms with E-state index in [1.165, 1.54) is 0 Å². The molecule has 1 saturated heterocycles. The lowest BCUT2D eigenvalue weighted by Crippen LogP contribution is -2.29. The quantitative estimate of drug-likeness (QED) is 0.310. The maximum Gasteiger partial charge on any atom is 0.174 e. The van der Waals surface area contributed by atoms with Crippen molar-refractivity contribution < 1.29 is 4.74 Å². The molecule has 0 radical (unpaired) electrons. The highest BCUT2D eigenvalue weighted by molar-refractivity contribution is 7.80. The molecule has 6 rings (SSSR count). The first-order valence-corrected chi connectivity index (χ1v) is 12.4.